The van der Waals surface area contributed by atoms with Crippen molar-refractivity contribution >= 4 is 52.0 Å². The van der Waals surface area contributed by atoms with Crippen molar-refractivity contribution in [2.24, 2.45) is 15.2 Å². The number of nitrogens with zero attached hydrogens (tertiary/aromatic N) is 4. The number of rotatable bonds is 4. The first-order valence-electron chi connectivity index (χ1n) is 10.7. The molecular formula is C25H24Cl2N4OS. The Balaban J connectivity index is 1.90. The van der Waals surface area contributed by atoms with E-state index in [2.05, 4.69) is 28.9 Å². The van der Waals surface area contributed by atoms with Gasteiger partial charge in [-0.05, 0) is 57.0 Å². The fourth-order valence-electron chi connectivity index (χ4n) is 3.90. The topological polar surface area (TPSA) is 57.4 Å². The van der Waals surface area contributed by atoms with Gasteiger partial charge >= 0.3 is 0 Å². The first-order valence-corrected chi connectivity index (χ1v) is 12.3. The van der Waals surface area contributed by atoms with Gasteiger partial charge in [0, 0.05) is 29.1 Å². The van der Waals surface area contributed by atoms with Crippen molar-refractivity contribution in [3.8, 4) is 11.8 Å². The predicted molar refractivity (Wildman–Crippen MR) is 136 cm³/mol. The van der Waals surface area contributed by atoms with Gasteiger partial charge < -0.3 is 4.90 Å². The summed E-state index contributed by atoms with van der Waals surface area (Å²) in [7, 11) is 1.85. The number of halogens is 2. The van der Waals surface area contributed by atoms with Crippen LogP contribution in [0.1, 0.15) is 55.9 Å². The zero-order valence-electron chi connectivity index (χ0n) is 19.2. The van der Waals surface area contributed by atoms with Crippen molar-refractivity contribution in [1.29, 1.82) is 0 Å². The van der Waals surface area contributed by atoms with Gasteiger partial charge in [-0.3, -0.25) is 4.79 Å². The molecule has 0 fully saturated rings. The summed E-state index contributed by atoms with van der Waals surface area (Å²) < 4.78 is 0. The van der Waals surface area contributed by atoms with E-state index in [0.29, 0.717) is 21.4 Å². The Bertz CT molecular complexity index is 1290. The van der Waals surface area contributed by atoms with Gasteiger partial charge in [0.15, 0.2) is 5.54 Å². The summed E-state index contributed by atoms with van der Waals surface area (Å²) in [5.74, 6) is 6.66. The zero-order valence-corrected chi connectivity index (χ0v) is 21.5. The lowest BCUT2D eigenvalue weighted by atomic mass is 9.81. The molecule has 1 aromatic carbocycles. The number of likely N-dealkylation sites (N-methyl/N-ethyl adjacent to an activating group) is 1. The molecule has 0 spiro atoms. The number of thiophene rings is 1. The highest BCUT2D eigenvalue weighted by molar-refractivity contribution is 7.13. The van der Waals surface area contributed by atoms with Crippen LogP contribution in [0.4, 0.5) is 0 Å². The third kappa shape index (κ3) is 3.82. The van der Waals surface area contributed by atoms with Crippen LogP contribution < -0.4 is 0 Å². The van der Waals surface area contributed by atoms with Gasteiger partial charge in [0.05, 0.1) is 9.75 Å². The molecule has 1 unspecified atom stereocenters. The lowest BCUT2D eigenvalue weighted by molar-refractivity contribution is -0.123. The van der Waals surface area contributed by atoms with Crippen molar-refractivity contribution in [2.75, 3.05) is 7.05 Å². The van der Waals surface area contributed by atoms with E-state index in [1.165, 1.54) is 0 Å². The summed E-state index contributed by atoms with van der Waals surface area (Å²) in [6.45, 7) is 7.76. The van der Waals surface area contributed by atoms with Crippen molar-refractivity contribution < 1.29 is 4.79 Å². The monoisotopic (exact) mass is 498 g/mol. The Hall–Kier alpha value is -2.46. The van der Waals surface area contributed by atoms with Crippen LogP contribution >= 0.6 is 34.5 Å². The molecule has 170 valence electrons. The Morgan fingerprint density at radius 2 is 1.94 bits per heavy atom. The van der Waals surface area contributed by atoms with Crippen LogP contribution in [0.25, 0.3) is 5.70 Å². The maximum absolute atomic E-state index is 12.8. The molecule has 2 aromatic rings. The standard InChI is InChI=1S/C25H24Cl2N4OS/c1-6-7-8-9-17-11-13-20(33-17)21-15(2)25(30-29-21,18-12-10-16(26)14-19(18)27)22-28-23(32)24(3,4)31(22)5/h10-14H,6-7H2,1-5H3. The summed E-state index contributed by atoms with van der Waals surface area (Å²) in [5, 5.41) is 10.3. The summed E-state index contributed by atoms with van der Waals surface area (Å²) in [6.07, 6.45) is 1.89. The van der Waals surface area contributed by atoms with E-state index in [0.717, 1.165) is 33.9 Å². The van der Waals surface area contributed by atoms with Gasteiger partial charge in [0.1, 0.15) is 17.1 Å². The van der Waals surface area contributed by atoms with E-state index in [9.17, 15) is 4.79 Å². The molecule has 3 heterocycles. The molecule has 33 heavy (non-hydrogen) atoms. The number of aliphatic imine (C=N–C) groups is 1. The van der Waals surface area contributed by atoms with Crippen molar-refractivity contribution in [3.05, 3.63) is 61.3 Å². The molecule has 0 radical (unpaired) electrons. The molecule has 4 rings (SSSR count). The number of hydrogen-bond acceptors (Lipinski definition) is 5. The van der Waals surface area contributed by atoms with E-state index in [1.54, 1.807) is 23.5 Å². The van der Waals surface area contributed by atoms with E-state index in [4.69, 9.17) is 28.3 Å². The number of benzene rings is 1. The SMILES string of the molecule is CCCC#Cc1ccc(C2=C(C)C(C3=NC(=O)C(C)(C)N3C)(c3ccc(Cl)cc3Cl)N=N2)s1. The number of hydrogen-bond donors (Lipinski definition) is 0. The van der Waals surface area contributed by atoms with Crippen LogP contribution in [0.5, 0.6) is 0 Å². The predicted octanol–water partition coefficient (Wildman–Crippen LogP) is 6.95. The van der Waals surface area contributed by atoms with Crippen LogP contribution in [0.15, 0.2) is 51.1 Å². The van der Waals surface area contributed by atoms with E-state index >= 15 is 0 Å². The molecule has 2 aliphatic heterocycles. The van der Waals surface area contributed by atoms with Gasteiger partial charge in [-0.25, -0.2) is 0 Å². The molecule has 1 amide bonds. The highest BCUT2D eigenvalue weighted by Crippen LogP contribution is 2.50. The number of carbonyl (C=O) groups is 1. The second kappa shape index (κ2) is 8.72. The third-order valence-corrected chi connectivity index (χ3v) is 7.71. The van der Waals surface area contributed by atoms with E-state index < -0.39 is 11.1 Å². The fourth-order valence-corrected chi connectivity index (χ4v) is 5.37. The number of carbonyl (C=O) groups excluding carboxylic acids is 1. The van der Waals surface area contributed by atoms with Gasteiger partial charge in [-0.15, -0.1) is 11.3 Å². The van der Waals surface area contributed by atoms with Crippen LogP contribution in [-0.4, -0.2) is 29.2 Å². The van der Waals surface area contributed by atoms with Gasteiger partial charge in [0.2, 0.25) is 0 Å². The fraction of sp³-hybridized carbons (Fsp3) is 0.360. The number of unbranched alkanes of at least 4 members (excludes halogenated alkanes) is 1. The average molecular weight is 499 g/mol. The minimum absolute atomic E-state index is 0.231. The summed E-state index contributed by atoms with van der Waals surface area (Å²) >= 11 is 14.4. The molecule has 8 heteroatoms. The molecule has 0 bridgehead atoms. The normalized spacial score (nSPS) is 21.5. The van der Waals surface area contributed by atoms with E-state index in [1.807, 2.05) is 50.9 Å². The number of azo groups is 1. The molecular weight excluding hydrogens is 475 g/mol. The summed E-state index contributed by atoms with van der Waals surface area (Å²) in [4.78, 5) is 21.0. The Labute approximate surface area is 208 Å². The zero-order chi connectivity index (χ0) is 24.0. The number of amidine groups is 1. The van der Waals surface area contributed by atoms with Crippen LogP contribution in [-0.2, 0) is 10.3 Å². The second-order valence-corrected chi connectivity index (χ2v) is 10.5. The smallest absolute Gasteiger partial charge is 0.272 e. The number of amides is 1. The van der Waals surface area contributed by atoms with Crippen LogP contribution in [0.2, 0.25) is 10.0 Å². The first-order chi connectivity index (χ1) is 15.6. The Morgan fingerprint density at radius 3 is 2.58 bits per heavy atom. The maximum Gasteiger partial charge on any atom is 0.272 e. The summed E-state index contributed by atoms with van der Waals surface area (Å²) in [6, 6.07) is 9.28. The summed E-state index contributed by atoms with van der Waals surface area (Å²) in [5.41, 5.74) is 0.332. The molecule has 2 aliphatic rings. The quantitative estimate of drug-likeness (QED) is 0.428. The van der Waals surface area contributed by atoms with Gasteiger partial charge in [-0.1, -0.05) is 48.0 Å². The van der Waals surface area contributed by atoms with Crippen LogP contribution in [0.3, 0.4) is 0 Å². The molecule has 1 aromatic heterocycles. The maximum atomic E-state index is 12.8. The van der Waals surface area contributed by atoms with Crippen molar-refractivity contribution in [2.45, 2.75) is 51.6 Å². The minimum Gasteiger partial charge on any atom is -0.346 e. The minimum atomic E-state index is -1.13. The molecule has 5 nitrogen and oxygen atoms in total. The largest absolute Gasteiger partial charge is 0.346 e. The third-order valence-electron chi connectivity index (χ3n) is 6.16. The van der Waals surface area contributed by atoms with Gasteiger partial charge in [0.25, 0.3) is 5.91 Å². The molecule has 0 N–H and O–H groups in total. The van der Waals surface area contributed by atoms with Crippen molar-refractivity contribution in [3.63, 3.8) is 0 Å². The lowest BCUT2D eigenvalue weighted by Gasteiger charge is -2.36. The molecule has 1 atom stereocenters. The molecule has 0 aliphatic carbocycles. The average Bonchev–Trinajstić information content (AvgIpc) is 3.41. The Kier molecular flexibility index (Phi) is 6.26. The van der Waals surface area contributed by atoms with Crippen LogP contribution in [0, 0.1) is 11.8 Å². The Morgan fingerprint density at radius 1 is 1.18 bits per heavy atom. The molecule has 0 saturated heterocycles. The van der Waals surface area contributed by atoms with Gasteiger partial charge in [-0.2, -0.15) is 15.2 Å². The molecule has 0 saturated carbocycles. The first kappa shape index (κ1) is 23.7. The second-order valence-electron chi connectivity index (χ2n) is 8.58. The highest BCUT2D eigenvalue weighted by atomic mass is 35.5. The highest BCUT2D eigenvalue weighted by Gasteiger charge is 2.54. The van der Waals surface area contributed by atoms with Crippen molar-refractivity contribution in [1.82, 2.24) is 4.90 Å². The van der Waals surface area contributed by atoms with E-state index in [-0.39, 0.29) is 5.91 Å². The lowest BCUT2D eigenvalue weighted by Crippen LogP contribution is -2.50.